The molecule has 114 valence electrons. The van der Waals surface area contributed by atoms with Gasteiger partial charge in [-0.2, -0.15) is 11.3 Å². The van der Waals surface area contributed by atoms with E-state index < -0.39 is 0 Å². The SMILES string of the molecule is CN=C(NCCn1cnc2ccccc21)NCc1ccsc1. The van der Waals surface area contributed by atoms with Crippen molar-refractivity contribution in [2.24, 2.45) is 4.99 Å². The summed E-state index contributed by atoms with van der Waals surface area (Å²) in [5.74, 6) is 0.815. The number of aromatic nitrogens is 2. The highest BCUT2D eigenvalue weighted by Gasteiger charge is 2.02. The number of para-hydroxylation sites is 2. The van der Waals surface area contributed by atoms with E-state index >= 15 is 0 Å². The van der Waals surface area contributed by atoms with Gasteiger partial charge >= 0.3 is 0 Å². The van der Waals surface area contributed by atoms with Gasteiger partial charge in [-0.25, -0.2) is 4.98 Å². The zero-order chi connectivity index (χ0) is 15.2. The monoisotopic (exact) mass is 313 g/mol. The van der Waals surface area contributed by atoms with Crippen molar-refractivity contribution < 1.29 is 0 Å². The predicted molar refractivity (Wildman–Crippen MR) is 92.3 cm³/mol. The zero-order valence-electron chi connectivity index (χ0n) is 12.5. The normalized spacial score (nSPS) is 11.8. The summed E-state index contributed by atoms with van der Waals surface area (Å²) in [7, 11) is 1.79. The summed E-state index contributed by atoms with van der Waals surface area (Å²) in [6.45, 7) is 2.43. The van der Waals surface area contributed by atoms with Gasteiger partial charge in [0, 0.05) is 26.7 Å². The van der Waals surface area contributed by atoms with Gasteiger partial charge in [-0.3, -0.25) is 4.99 Å². The molecule has 2 heterocycles. The first-order chi connectivity index (χ1) is 10.9. The molecule has 3 aromatic rings. The Balaban J connectivity index is 1.51. The molecule has 5 nitrogen and oxygen atoms in total. The number of benzene rings is 1. The molecule has 0 unspecified atom stereocenters. The van der Waals surface area contributed by atoms with Crippen LogP contribution in [0.3, 0.4) is 0 Å². The summed E-state index contributed by atoms with van der Waals surface area (Å²) in [6, 6.07) is 10.3. The molecule has 0 saturated heterocycles. The second kappa shape index (κ2) is 7.09. The Bertz CT molecular complexity index is 745. The highest BCUT2D eigenvalue weighted by atomic mass is 32.1. The third-order valence-corrected chi connectivity index (χ3v) is 4.17. The lowest BCUT2D eigenvalue weighted by atomic mass is 10.3. The maximum absolute atomic E-state index is 4.40. The highest BCUT2D eigenvalue weighted by molar-refractivity contribution is 7.07. The van der Waals surface area contributed by atoms with E-state index in [1.165, 1.54) is 5.56 Å². The molecule has 0 fully saturated rings. The van der Waals surface area contributed by atoms with E-state index in [1.54, 1.807) is 18.4 Å². The molecular formula is C16H19N5S. The Hall–Kier alpha value is -2.34. The summed E-state index contributed by atoms with van der Waals surface area (Å²) >= 11 is 1.71. The average Bonchev–Trinajstić information content (AvgIpc) is 3.20. The van der Waals surface area contributed by atoms with Crippen LogP contribution in [0.2, 0.25) is 0 Å². The molecule has 0 aliphatic rings. The first-order valence-corrected chi connectivity index (χ1v) is 8.16. The zero-order valence-corrected chi connectivity index (χ0v) is 13.3. The van der Waals surface area contributed by atoms with E-state index in [2.05, 4.69) is 48.1 Å². The highest BCUT2D eigenvalue weighted by Crippen LogP contribution is 2.11. The summed E-state index contributed by atoms with van der Waals surface area (Å²) in [5, 5.41) is 10.9. The number of nitrogens with one attached hydrogen (secondary N) is 2. The van der Waals surface area contributed by atoms with Crippen LogP contribution in [0.15, 0.2) is 52.4 Å². The Labute approximate surface area is 133 Å². The Morgan fingerprint density at radius 2 is 2.18 bits per heavy atom. The number of thiophene rings is 1. The average molecular weight is 313 g/mol. The number of fused-ring (bicyclic) bond motifs is 1. The molecule has 0 spiro atoms. The number of imidazole rings is 1. The van der Waals surface area contributed by atoms with Crippen molar-refractivity contribution in [2.45, 2.75) is 13.1 Å². The molecule has 22 heavy (non-hydrogen) atoms. The number of hydrogen-bond donors (Lipinski definition) is 2. The molecule has 2 aromatic heterocycles. The molecule has 3 rings (SSSR count). The van der Waals surface area contributed by atoms with Crippen molar-refractivity contribution in [3.8, 4) is 0 Å². The summed E-state index contributed by atoms with van der Waals surface area (Å²) in [6.07, 6.45) is 1.88. The van der Waals surface area contributed by atoms with Crippen LogP contribution in [0.5, 0.6) is 0 Å². The van der Waals surface area contributed by atoms with Crippen molar-refractivity contribution in [3.05, 3.63) is 53.0 Å². The molecule has 1 aromatic carbocycles. The van der Waals surface area contributed by atoms with Gasteiger partial charge in [-0.1, -0.05) is 12.1 Å². The summed E-state index contributed by atoms with van der Waals surface area (Å²) in [5.41, 5.74) is 3.46. The van der Waals surface area contributed by atoms with Crippen LogP contribution in [0, 0.1) is 0 Å². The van der Waals surface area contributed by atoms with E-state index in [9.17, 15) is 0 Å². The standard InChI is InChI=1S/C16H19N5S/c1-17-16(19-10-13-6-9-22-11-13)18-7-8-21-12-20-14-4-2-3-5-15(14)21/h2-6,9,11-12H,7-8,10H2,1H3,(H2,17,18,19). The lowest BCUT2D eigenvalue weighted by molar-refractivity contribution is 0.676. The van der Waals surface area contributed by atoms with Crippen molar-refractivity contribution in [3.63, 3.8) is 0 Å². The van der Waals surface area contributed by atoms with Crippen LogP contribution in [0.1, 0.15) is 5.56 Å². The molecule has 0 bridgehead atoms. The molecule has 0 atom stereocenters. The molecule has 0 aliphatic heterocycles. The van der Waals surface area contributed by atoms with E-state index in [1.807, 2.05) is 24.5 Å². The van der Waals surface area contributed by atoms with Gasteiger partial charge in [0.15, 0.2) is 5.96 Å². The van der Waals surface area contributed by atoms with Gasteiger partial charge < -0.3 is 15.2 Å². The smallest absolute Gasteiger partial charge is 0.191 e. The fraction of sp³-hybridized carbons (Fsp3) is 0.250. The lowest BCUT2D eigenvalue weighted by Gasteiger charge is -2.12. The van der Waals surface area contributed by atoms with Crippen LogP contribution in [-0.2, 0) is 13.1 Å². The number of hydrogen-bond acceptors (Lipinski definition) is 3. The summed E-state index contributed by atoms with van der Waals surface area (Å²) in [4.78, 5) is 8.64. The fourth-order valence-electron chi connectivity index (χ4n) is 2.28. The second-order valence-electron chi connectivity index (χ2n) is 4.91. The first kappa shape index (κ1) is 14.6. The van der Waals surface area contributed by atoms with Crippen LogP contribution in [0.4, 0.5) is 0 Å². The van der Waals surface area contributed by atoms with Gasteiger partial charge in [-0.15, -0.1) is 0 Å². The third kappa shape index (κ3) is 3.46. The van der Waals surface area contributed by atoms with E-state index in [4.69, 9.17) is 0 Å². The topological polar surface area (TPSA) is 54.2 Å². The van der Waals surface area contributed by atoms with Crippen LogP contribution >= 0.6 is 11.3 Å². The number of aliphatic imine (C=N–C) groups is 1. The minimum atomic E-state index is 0.789. The molecule has 2 N–H and O–H groups in total. The van der Waals surface area contributed by atoms with Crippen molar-refractivity contribution in [2.75, 3.05) is 13.6 Å². The van der Waals surface area contributed by atoms with Gasteiger partial charge in [0.1, 0.15) is 0 Å². The van der Waals surface area contributed by atoms with Crippen LogP contribution in [-0.4, -0.2) is 29.1 Å². The van der Waals surface area contributed by atoms with Crippen molar-refractivity contribution >= 4 is 28.3 Å². The van der Waals surface area contributed by atoms with Gasteiger partial charge in [0.2, 0.25) is 0 Å². The van der Waals surface area contributed by atoms with Gasteiger partial charge in [-0.05, 0) is 34.5 Å². The first-order valence-electron chi connectivity index (χ1n) is 7.22. The fourth-order valence-corrected chi connectivity index (χ4v) is 2.95. The van der Waals surface area contributed by atoms with Gasteiger partial charge in [0.25, 0.3) is 0 Å². The number of rotatable bonds is 5. The van der Waals surface area contributed by atoms with E-state index in [-0.39, 0.29) is 0 Å². The molecule has 0 radical (unpaired) electrons. The van der Waals surface area contributed by atoms with Crippen molar-refractivity contribution in [1.82, 2.24) is 20.2 Å². The minimum absolute atomic E-state index is 0.789. The predicted octanol–water partition coefficient (Wildman–Crippen LogP) is 2.46. The third-order valence-electron chi connectivity index (χ3n) is 3.44. The molecule has 6 heteroatoms. The minimum Gasteiger partial charge on any atom is -0.355 e. The van der Waals surface area contributed by atoms with E-state index in [0.29, 0.717) is 0 Å². The van der Waals surface area contributed by atoms with Crippen LogP contribution in [0.25, 0.3) is 11.0 Å². The molecule has 0 amide bonds. The van der Waals surface area contributed by atoms with Crippen LogP contribution < -0.4 is 10.6 Å². The Morgan fingerprint density at radius 3 is 3.00 bits per heavy atom. The maximum atomic E-state index is 4.40. The quantitative estimate of drug-likeness (QED) is 0.562. The van der Waals surface area contributed by atoms with E-state index in [0.717, 1.165) is 36.6 Å². The maximum Gasteiger partial charge on any atom is 0.191 e. The number of guanidine groups is 1. The largest absolute Gasteiger partial charge is 0.355 e. The second-order valence-corrected chi connectivity index (χ2v) is 5.69. The molecular weight excluding hydrogens is 294 g/mol. The molecule has 0 saturated carbocycles. The number of nitrogens with zero attached hydrogens (tertiary/aromatic N) is 3. The lowest BCUT2D eigenvalue weighted by Crippen LogP contribution is -2.38. The molecule has 0 aliphatic carbocycles. The Kier molecular flexibility index (Phi) is 4.70. The Morgan fingerprint density at radius 1 is 1.27 bits per heavy atom. The van der Waals surface area contributed by atoms with Crippen molar-refractivity contribution in [1.29, 1.82) is 0 Å². The van der Waals surface area contributed by atoms with Gasteiger partial charge in [0.05, 0.1) is 17.4 Å². The summed E-state index contributed by atoms with van der Waals surface area (Å²) < 4.78 is 2.15.